The highest BCUT2D eigenvalue weighted by Crippen LogP contribution is 2.39. The summed E-state index contributed by atoms with van der Waals surface area (Å²) in [5, 5.41) is 8.39. The standard InChI is InChI=1S/C30H39F4N7O2/c1-17-15-41(16-18(2)40(17)3)26-13-23(31)20(24-9-10-35-29(39-24)37-19-7-5-4-6-8-19)11-25(26)38-28(43)21-14-36-27(42)12-22(21)30(32,33)34/h9-11,13,17-19,21-22H,4-8,12,14-16H2,1-3H3,(H,36,42)(H,38,43)(H,35,37,39)/t17-,18+,21?,22?. The Morgan fingerprint density at radius 3 is 2.47 bits per heavy atom. The highest BCUT2D eigenvalue weighted by molar-refractivity contribution is 5.98. The number of aromatic nitrogens is 2. The monoisotopic (exact) mass is 605 g/mol. The molecule has 4 atom stereocenters. The van der Waals surface area contributed by atoms with E-state index in [1.165, 1.54) is 24.8 Å². The van der Waals surface area contributed by atoms with Crippen molar-refractivity contribution in [2.75, 3.05) is 42.2 Å². The summed E-state index contributed by atoms with van der Waals surface area (Å²) in [6.45, 7) is 4.67. The summed E-state index contributed by atoms with van der Waals surface area (Å²) in [7, 11) is 2.00. The Hall–Kier alpha value is -3.48. The molecule has 234 valence electrons. The number of hydrogen-bond donors (Lipinski definition) is 3. The van der Waals surface area contributed by atoms with Crippen LogP contribution in [-0.4, -0.2) is 77.7 Å². The van der Waals surface area contributed by atoms with Gasteiger partial charge in [-0.15, -0.1) is 0 Å². The minimum absolute atomic E-state index is 0.0905. The smallest absolute Gasteiger partial charge is 0.367 e. The summed E-state index contributed by atoms with van der Waals surface area (Å²) in [6.07, 6.45) is 1.37. The zero-order chi connectivity index (χ0) is 30.9. The van der Waals surface area contributed by atoms with Crippen molar-refractivity contribution >= 4 is 29.1 Å². The Morgan fingerprint density at radius 1 is 1.09 bits per heavy atom. The fourth-order valence-corrected chi connectivity index (χ4v) is 6.35. The maximum absolute atomic E-state index is 15.9. The normalized spacial score (nSPS) is 25.7. The number of hydrogen-bond acceptors (Lipinski definition) is 7. The molecule has 2 saturated heterocycles. The van der Waals surface area contributed by atoms with E-state index in [0.717, 1.165) is 25.7 Å². The molecule has 0 spiro atoms. The molecule has 13 heteroatoms. The molecule has 0 bridgehead atoms. The van der Waals surface area contributed by atoms with E-state index in [0.29, 0.717) is 24.7 Å². The predicted octanol–water partition coefficient (Wildman–Crippen LogP) is 4.81. The lowest BCUT2D eigenvalue weighted by Gasteiger charge is -2.44. The van der Waals surface area contributed by atoms with Crippen LogP contribution in [-0.2, 0) is 9.59 Å². The molecule has 2 aromatic rings. The van der Waals surface area contributed by atoms with Crippen LogP contribution in [0.2, 0.25) is 0 Å². The molecule has 1 saturated carbocycles. The molecule has 3 fully saturated rings. The lowest BCUT2D eigenvalue weighted by molar-refractivity contribution is -0.197. The van der Waals surface area contributed by atoms with Crippen molar-refractivity contribution in [1.82, 2.24) is 20.2 Å². The van der Waals surface area contributed by atoms with Crippen molar-refractivity contribution in [3.05, 3.63) is 30.2 Å². The number of piperazine rings is 1. The van der Waals surface area contributed by atoms with Crippen LogP contribution in [0.25, 0.3) is 11.3 Å². The van der Waals surface area contributed by atoms with E-state index < -0.39 is 48.6 Å². The summed E-state index contributed by atoms with van der Waals surface area (Å²) < 4.78 is 57.4. The molecule has 1 aromatic heterocycles. The molecule has 5 rings (SSSR count). The number of benzene rings is 1. The van der Waals surface area contributed by atoms with Gasteiger partial charge in [0.05, 0.1) is 28.9 Å². The second-order valence-corrected chi connectivity index (χ2v) is 12.1. The van der Waals surface area contributed by atoms with Gasteiger partial charge in [0.2, 0.25) is 17.8 Å². The van der Waals surface area contributed by atoms with Gasteiger partial charge in [-0.3, -0.25) is 14.5 Å². The molecule has 3 N–H and O–H groups in total. The predicted molar refractivity (Wildman–Crippen MR) is 156 cm³/mol. The lowest BCUT2D eigenvalue weighted by atomic mass is 9.84. The van der Waals surface area contributed by atoms with Crippen molar-refractivity contribution in [3.63, 3.8) is 0 Å². The Bertz CT molecular complexity index is 1320. The molecule has 1 aliphatic carbocycles. The number of alkyl halides is 3. The summed E-state index contributed by atoms with van der Waals surface area (Å²) in [4.78, 5) is 38.2. The van der Waals surface area contributed by atoms with Gasteiger partial charge in [0.25, 0.3) is 0 Å². The van der Waals surface area contributed by atoms with Crippen LogP contribution in [0.15, 0.2) is 24.4 Å². The second kappa shape index (κ2) is 12.6. The van der Waals surface area contributed by atoms with Crippen molar-refractivity contribution < 1.29 is 27.2 Å². The molecule has 9 nitrogen and oxygen atoms in total. The highest BCUT2D eigenvalue weighted by Gasteiger charge is 2.50. The first-order chi connectivity index (χ1) is 20.4. The molecule has 0 radical (unpaired) electrons. The third kappa shape index (κ3) is 7.02. The minimum atomic E-state index is -4.73. The number of halogens is 4. The van der Waals surface area contributed by atoms with Gasteiger partial charge in [-0.1, -0.05) is 19.3 Å². The van der Waals surface area contributed by atoms with Crippen LogP contribution in [0.5, 0.6) is 0 Å². The van der Waals surface area contributed by atoms with Crippen LogP contribution in [0.3, 0.4) is 0 Å². The van der Waals surface area contributed by atoms with Crippen molar-refractivity contribution in [2.24, 2.45) is 11.8 Å². The van der Waals surface area contributed by atoms with Crippen LogP contribution in [0, 0.1) is 17.7 Å². The molecule has 2 aliphatic heterocycles. The lowest BCUT2D eigenvalue weighted by Crippen LogP contribution is -2.55. The van der Waals surface area contributed by atoms with Gasteiger partial charge < -0.3 is 20.9 Å². The van der Waals surface area contributed by atoms with Crippen LogP contribution < -0.4 is 20.9 Å². The van der Waals surface area contributed by atoms with E-state index in [1.54, 1.807) is 6.07 Å². The molecule has 43 heavy (non-hydrogen) atoms. The zero-order valence-corrected chi connectivity index (χ0v) is 24.7. The van der Waals surface area contributed by atoms with Crippen molar-refractivity contribution in [1.29, 1.82) is 0 Å². The van der Waals surface area contributed by atoms with Crippen molar-refractivity contribution in [3.8, 4) is 11.3 Å². The van der Waals surface area contributed by atoms with Gasteiger partial charge in [-0.2, -0.15) is 13.2 Å². The van der Waals surface area contributed by atoms with Gasteiger partial charge in [-0.05, 0) is 51.9 Å². The fraction of sp³-hybridized carbons (Fsp3) is 0.600. The maximum Gasteiger partial charge on any atom is 0.393 e. The molecular formula is C30H39F4N7O2. The van der Waals surface area contributed by atoms with E-state index in [1.807, 2.05) is 25.8 Å². The van der Waals surface area contributed by atoms with Crippen LogP contribution >= 0.6 is 0 Å². The summed E-state index contributed by atoms with van der Waals surface area (Å²) >= 11 is 0. The number of nitrogens with one attached hydrogen (secondary N) is 3. The zero-order valence-electron chi connectivity index (χ0n) is 24.7. The van der Waals surface area contributed by atoms with Crippen LogP contribution in [0.1, 0.15) is 52.4 Å². The Morgan fingerprint density at radius 2 is 1.79 bits per heavy atom. The SMILES string of the molecule is C[C@@H]1CN(c2cc(F)c(-c3ccnc(NC4CCCCC4)n3)cc2NC(=O)C2CNC(=O)CC2C(F)(F)F)C[C@H](C)N1C. The Labute approximate surface area is 248 Å². The van der Waals surface area contributed by atoms with Gasteiger partial charge in [0.1, 0.15) is 5.82 Å². The minimum Gasteiger partial charge on any atom is -0.367 e. The maximum atomic E-state index is 15.9. The number of anilines is 3. The molecule has 2 amide bonds. The second-order valence-electron chi connectivity index (χ2n) is 12.1. The molecule has 1 aromatic carbocycles. The van der Waals surface area contributed by atoms with Crippen LogP contribution in [0.4, 0.5) is 34.9 Å². The van der Waals surface area contributed by atoms with Gasteiger partial charge in [0, 0.05) is 55.9 Å². The van der Waals surface area contributed by atoms with E-state index in [4.69, 9.17) is 0 Å². The average Bonchev–Trinajstić information content (AvgIpc) is 2.96. The van der Waals surface area contributed by atoms with E-state index >= 15 is 4.39 Å². The number of likely N-dealkylation sites (N-methyl/N-ethyl adjacent to an activating group) is 1. The first-order valence-corrected chi connectivity index (χ1v) is 15.0. The van der Waals surface area contributed by atoms with E-state index in [9.17, 15) is 22.8 Å². The van der Waals surface area contributed by atoms with Crippen molar-refractivity contribution in [2.45, 2.75) is 76.7 Å². The number of carbonyl (C=O) groups excluding carboxylic acids is 2. The molecule has 2 unspecified atom stereocenters. The van der Waals surface area contributed by atoms with Gasteiger partial charge in [0.15, 0.2) is 0 Å². The third-order valence-electron chi connectivity index (χ3n) is 9.08. The first kappa shape index (κ1) is 31.0. The molecular weight excluding hydrogens is 566 g/mol. The van der Waals surface area contributed by atoms with Gasteiger partial charge >= 0.3 is 6.18 Å². The molecule has 3 heterocycles. The van der Waals surface area contributed by atoms with E-state index in [-0.39, 0.29) is 35.1 Å². The largest absolute Gasteiger partial charge is 0.393 e. The Kier molecular flexibility index (Phi) is 9.10. The number of nitrogens with zero attached hydrogens (tertiary/aromatic N) is 4. The summed E-state index contributed by atoms with van der Waals surface area (Å²) in [5.74, 6) is -5.51. The fourth-order valence-electron chi connectivity index (χ4n) is 6.35. The number of rotatable bonds is 6. The summed E-state index contributed by atoms with van der Waals surface area (Å²) in [5.41, 5.74) is 0.932. The molecule has 3 aliphatic rings. The van der Waals surface area contributed by atoms with E-state index in [2.05, 4.69) is 30.8 Å². The Balaban J connectivity index is 1.50. The number of piperidine rings is 1. The number of carbonyl (C=O) groups is 2. The highest BCUT2D eigenvalue weighted by atomic mass is 19.4. The first-order valence-electron chi connectivity index (χ1n) is 15.0. The number of amides is 2. The summed E-state index contributed by atoms with van der Waals surface area (Å²) in [6, 6.07) is 4.75. The third-order valence-corrected chi connectivity index (χ3v) is 9.08. The average molecular weight is 606 g/mol. The topological polar surface area (TPSA) is 102 Å². The van der Waals surface area contributed by atoms with Gasteiger partial charge in [-0.25, -0.2) is 14.4 Å². The quantitative estimate of drug-likeness (QED) is 0.407.